The highest BCUT2D eigenvalue weighted by molar-refractivity contribution is 6.05. The van der Waals surface area contributed by atoms with Crippen LogP contribution in [0.4, 0.5) is 5.95 Å². The third-order valence-corrected chi connectivity index (χ3v) is 2.61. The van der Waals surface area contributed by atoms with Gasteiger partial charge >= 0.3 is 0 Å². The number of hydrogen-bond acceptors (Lipinski definition) is 3. The van der Waals surface area contributed by atoms with Crippen molar-refractivity contribution in [2.75, 3.05) is 5.32 Å². The molecule has 0 aliphatic rings. The van der Waals surface area contributed by atoms with Crippen LogP contribution in [0, 0.1) is 0 Å². The first-order valence-electron chi connectivity index (χ1n) is 5.48. The number of fused-ring (bicyclic) bond motifs is 1. The summed E-state index contributed by atoms with van der Waals surface area (Å²) in [7, 11) is 0. The lowest BCUT2D eigenvalue weighted by atomic mass is 10.1. The standard InChI is InChI=1S/C13H10N4O/c18-12(17-13-15-5-1-6-16-13)10-2-3-11-9(8-10)4-7-14-11/h1-8,14H,(H,15,16,17,18). The summed E-state index contributed by atoms with van der Waals surface area (Å²) in [5.74, 6) is 0.0842. The Morgan fingerprint density at radius 1 is 1.17 bits per heavy atom. The van der Waals surface area contributed by atoms with E-state index < -0.39 is 0 Å². The van der Waals surface area contributed by atoms with Crippen molar-refractivity contribution in [3.8, 4) is 0 Å². The lowest BCUT2D eigenvalue weighted by Crippen LogP contribution is -2.13. The van der Waals surface area contributed by atoms with Gasteiger partial charge in [-0.15, -0.1) is 0 Å². The highest BCUT2D eigenvalue weighted by atomic mass is 16.1. The van der Waals surface area contributed by atoms with Gasteiger partial charge in [-0.2, -0.15) is 0 Å². The number of benzene rings is 1. The van der Waals surface area contributed by atoms with Crippen LogP contribution < -0.4 is 5.32 Å². The van der Waals surface area contributed by atoms with Gasteiger partial charge in [0.2, 0.25) is 5.95 Å². The molecule has 5 heteroatoms. The number of aromatic nitrogens is 3. The van der Waals surface area contributed by atoms with Crippen molar-refractivity contribution in [2.24, 2.45) is 0 Å². The van der Waals surface area contributed by atoms with Gasteiger partial charge in [0.1, 0.15) is 0 Å². The molecule has 3 aromatic rings. The largest absolute Gasteiger partial charge is 0.361 e. The highest BCUT2D eigenvalue weighted by Gasteiger charge is 2.08. The number of nitrogens with one attached hydrogen (secondary N) is 2. The number of anilines is 1. The highest BCUT2D eigenvalue weighted by Crippen LogP contribution is 2.14. The Morgan fingerprint density at radius 3 is 2.83 bits per heavy atom. The molecule has 2 heterocycles. The van der Waals surface area contributed by atoms with Gasteiger partial charge in [-0.25, -0.2) is 9.97 Å². The molecule has 5 nitrogen and oxygen atoms in total. The molecule has 0 saturated carbocycles. The molecule has 0 radical (unpaired) electrons. The van der Waals surface area contributed by atoms with E-state index in [1.165, 1.54) is 0 Å². The van der Waals surface area contributed by atoms with E-state index in [9.17, 15) is 4.79 Å². The molecular formula is C13H10N4O. The second kappa shape index (κ2) is 4.29. The molecule has 0 spiro atoms. The van der Waals surface area contributed by atoms with Crippen molar-refractivity contribution < 1.29 is 4.79 Å². The fourth-order valence-electron chi connectivity index (χ4n) is 1.73. The van der Waals surface area contributed by atoms with Crippen molar-refractivity contribution in [1.82, 2.24) is 15.0 Å². The SMILES string of the molecule is O=C(Nc1ncccn1)c1ccc2[nH]ccc2c1. The molecule has 88 valence electrons. The molecule has 2 N–H and O–H groups in total. The van der Waals surface area contributed by atoms with Gasteiger partial charge in [0.25, 0.3) is 5.91 Å². The van der Waals surface area contributed by atoms with E-state index in [1.807, 2.05) is 24.4 Å². The van der Waals surface area contributed by atoms with E-state index >= 15 is 0 Å². The molecule has 1 amide bonds. The van der Waals surface area contributed by atoms with Crippen LogP contribution in [-0.4, -0.2) is 20.9 Å². The summed E-state index contributed by atoms with van der Waals surface area (Å²) in [6, 6.07) is 9.07. The monoisotopic (exact) mass is 238 g/mol. The maximum Gasteiger partial charge on any atom is 0.258 e. The minimum absolute atomic E-state index is 0.218. The van der Waals surface area contributed by atoms with Crippen LogP contribution >= 0.6 is 0 Å². The quantitative estimate of drug-likeness (QED) is 0.719. The van der Waals surface area contributed by atoms with E-state index in [4.69, 9.17) is 0 Å². The van der Waals surface area contributed by atoms with Crippen LogP contribution in [-0.2, 0) is 0 Å². The summed E-state index contributed by atoms with van der Waals surface area (Å²) in [4.78, 5) is 23.0. The van der Waals surface area contributed by atoms with Crippen LogP contribution in [0.5, 0.6) is 0 Å². The molecule has 0 saturated heterocycles. The number of carbonyl (C=O) groups excluding carboxylic acids is 1. The van der Waals surface area contributed by atoms with Crippen LogP contribution in [0.15, 0.2) is 48.9 Å². The number of carbonyl (C=O) groups is 1. The fourth-order valence-corrected chi connectivity index (χ4v) is 1.73. The van der Waals surface area contributed by atoms with Crippen molar-refractivity contribution >= 4 is 22.8 Å². The van der Waals surface area contributed by atoms with E-state index in [2.05, 4.69) is 20.3 Å². The van der Waals surface area contributed by atoms with E-state index in [1.54, 1.807) is 24.5 Å². The molecule has 0 fully saturated rings. The van der Waals surface area contributed by atoms with Gasteiger partial charge in [0.15, 0.2) is 0 Å². The first-order valence-corrected chi connectivity index (χ1v) is 5.48. The minimum atomic E-state index is -0.218. The summed E-state index contributed by atoms with van der Waals surface area (Å²) in [5, 5.41) is 3.64. The average Bonchev–Trinajstić information content (AvgIpc) is 2.87. The second-order valence-corrected chi connectivity index (χ2v) is 3.81. The molecular weight excluding hydrogens is 228 g/mol. The van der Waals surface area contributed by atoms with Crippen molar-refractivity contribution in [1.29, 1.82) is 0 Å². The molecule has 0 unspecified atom stereocenters. The van der Waals surface area contributed by atoms with Crippen LogP contribution in [0.2, 0.25) is 0 Å². The maximum atomic E-state index is 12.0. The molecule has 1 aromatic carbocycles. The molecule has 0 atom stereocenters. The number of amides is 1. The zero-order valence-electron chi connectivity index (χ0n) is 9.42. The normalized spacial score (nSPS) is 10.4. The van der Waals surface area contributed by atoms with Gasteiger partial charge < -0.3 is 4.98 Å². The number of nitrogens with zero attached hydrogens (tertiary/aromatic N) is 2. The topological polar surface area (TPSA) is 70.7 Å². The Hall–Kier alpha value is -2.69. The number of hydrogen-bond donors (Lipinski definition) is 2. The number of aromatic amines is 1. The third kappa shape index (κ3) is 1.93. The minimum Gasteiger partial charge on any atom is -0.361 e. The van der Waals surface area contributed by atoms with E-state index in [0.717, 1.165) is 10.9 Å². The Kier molecular flexibility index (Phi) is 2.49. The Balaban J connectivity index is 1.87. The van der Waals surface area contributed by atoms with Gasteiger partial charge in [-0.05, 0) is 30.3 Å². The Labute approximate surface area is 103 Å². The van der Waals surface area contributed by atoms with E-state index in [0.29, 0.717) is 11.5 Å². The van der Waals surface area contributed by atoms with Crippen molar-refractivity contribution in [3.63, 3.8) is 0 Å². The summed E-state index contributed by atoms with van der Waals surface area (Å²) < 4.78 is 0. The van der Waals surface area contributed by atoms with Crippen LogP contribution in [0.3, 0.4) is 0 Å². The summed E-state index contributed by atoms with van der Waals surface area (Å²) in [6.07, 6.45) is 5.00. The van der Waals surface area contributed by atoms with Crippen LogP contribution in [0.1, 0.15) is 10.4 Å². The number of rotatable bonds is 2. The predicted molar refractivity (Wildman–Crippen MR) is 68.3 cm³/mol. The molecule has 3 rings (SSSR count). The second-order valence-electron chi connectivity index (χ2n) is 3.81. The Morgan fingerprint density at radius 2 is 2.00 bits per heavy atom. The summed E-state index contributed by atoms with van der Waals surface area (Å²) in [5.41, 5.74) is 1.58. The van der Waals surface area contributed by atoms with Gasteiger partial charge in [0.05, 0.1) is 0 Å². The van der Waals surface area contributed by atoms with E-state index in [-0.39, 0.29) is 5.91 Å². The lowest BCUT2D eigenvalue weighted by Gasteiger charge is -2.03. The third-order valence-electron chi connectivity index (χ3n) is 2.61. The van der Waals surface area contributed by atoms with Crippen molar-refractivity contribution in [2.45, 2.75) is 0 Å². The first kappa shape index (κ1) is 10.5. The van der Waals surface area contributed by atoms with Gasteiger partial charge in [0, 0.05) is 35.1 Å². The van der Waals surface area contributed by atoms with Gasteiger partial charge in [-0.1, -0.05) is 0 Å². The zero-order chi connectivity index (χ0) is 12.4. The molecule has 0 aliphatic carbocycles. The molecule has 0 aliphatic heterocycles. The summed E-state index contributed by atoms with van der Waals surface area (Å²) in [6.45, 7) is 0. The number of H-pyrrole nitrogens is 1. The molecule has 0 bridgehead atoms. The first-order chi connectivity index (χ1) is 8.83. The average molecular weight is 238 g/mol. The Bertz CT molecular complexity index is 690. The zero-order valence-corrected chi connectivity index (χ0v) is 9.42. The fraction of sp³-hybridized carbons (Fsp3) is 0. The van der Waals surface area contributed by atoms with Crippen molar-refractivity contribution in [3.05, 3.63) is 54.5 Å². The smallest absolute Gasteiger partial charge is 0.258 e. The molecule has 18 heavy (non-hydrogen) atoms. The predicted octanol–water partition coefficient (Wildman–Crippen LogP) is 2.21. The van der Waals surface area contributed by atoms with Gasteiger partial charge in [-0.3, -0.25) is 10.1 Å². The molecule has 2 aromatic heterocycles. The van der Waals surface area contributed by atoms with Crippen LogP contribution in [0.25, 0.3) is 10.9 Å². The summed E-state index contributed by atoms with van der Waals surface area (Å²) >= 11 is 0. The maximum absolute atomic E-state index is 12.0. The lowest BCUT2D eigenvalue weighted by molar-refractivity contribution is 0.102.